The Morgan fingerprint density at radius 3 is 2.63 bits per heavy atom. The van der Waals surface area contributed by atoms with Crippen LogP contribution >= 0.6 is 11.8 Å². The van der Waals surface area contributed by atoms with E-state index in [2.05, 4.69) is 0 Å². The van der Waals surface area contributed by atoms with E-state index in [0.717, 1.165) is 5.75 Å². The highest BCUT2D eigenvalue weighted by molar-refractivity contribution is 7.99. The van der Waals surface area contributed by atoms with Gasteiger partial charge < -0.3 is 19.7 Å². The number of carbonyl (C=O) groups excluding carboxylic acids is 4. The van der Waals surface area contributed by atoms with Gasteiger partial charge in [-0.05, 0) is 38.7 Å². The zero-order chi connectivity index (χ0) is 28.5. The highest BCUT2D eigenvalue weighted by Gasteiger charge is 2.36. The third-order valence-corrected chi connectivity index (χ3v) is 7.72. The number of Topliss-reactive ketones (excluding diaryl/α,β-unsaturated/α-hetero) is 2. The fraction of sp³-hybridized carbons (Fsp3) is 0.643. The topological polar surface area (TPSA) is 130 Å². The Kier molecular flexibility index (Phi) is 12.3. The van der Waals surface area contributed by atoms with E-state index in [0.29, 0.717) is 18.0 Å². The Hall–Kier alpha value is -2.43. The largest absolute Gasteiger partial charge is 0.455 e. The molecule has 10 heteroatoms. The van der Waals surface area contributed by atoms with Gasteiger partial charge in [0.05, 0.1) is 24.5 Å². The summed E-state index contributed by atoms with van der Waals surface area (Å²) in [6, 6.07) is 0. The standard InChI is InChI=1S/C28H41NO8S/c1-18(16-36-27(34)29-13-14-38-17-29)7-6-8-19(2)25-20(3)9-10-24(37-21(4)30)28(5,35)12-11-22(31)15-23(32)26(25)33/h6-10,18,20,22,24-25,31,35H,11-17H2,1-5H3/b7-6+,10-9+,19-8+/t18-,20+,22-,24-,25+,28-/m1/s1. The van der Waals surface area contributed by atoms with Gasteiger partial charge in [0.2, 0.25) is 11.6 Å². The number of amides is 1. The van der Waals surface area contributed by atoms with Crippen molar-refractivity contribution in [2.45, 2.75) is 71.7 Å². The number of allylic oxidation sites excluding steroid dienone is 4. The van der Waals surface area contributed by atoms with E-state index in [-0.39, 0.29) is 37.9 Å². The third kappa shape index (κ3) is 9.71. The van der Waals surface area contributed by atoms with Crippen LogP contribution in [0.4, 0.5) is 4.79 Å². The molecule has 1 amide bonds. The van der Waals surface area contributed by atoms with E-state index in [4.69, 9.17) is 9.47 Å². The van der Waals surface area contributed by atoms with Crippen LogP contribution in [-0.4, -0.2) is 81.3 Å². The van der Waals surface area contributed by atoms with E-state index in [1.165, 1.54) is 13.8 Å². The molecular weight excluding hydrogens is 510 g/mol. The Morgan fingerprint density at radius 2 is 2.00 bits per heavy atom. The van der Waals surface area contributed by atoms with Gasteiger partial charge in [0.15, 0.2) is 0 Å². The average Bonchev–Trinajstić information content (AvgIpc) is 3.38. The first-order chi connectivity index (χ1) is 17.8. The van der Waals surface area contributed by atoms with Gasteiger partial charge in [0.1, 0.15) is 11.7 Å². The maximum absolute atomic E-state index is 13.2. The van der Waals surface area contributed by atoms with Crippen molar-refractivity contribution < 1.29 is 38.9 Å². The summed E-state index contributed by atoms with van der Waals surface area (Å²) in [6.45, 7) is 9.10. The van der Waals surface area contributed by atoms with E-state index in [1.54, 1.807) is 54.8 Å². The molecule has 1 heterocycles. The molecule has 1 aliphatic heterocycles. The number of ether oxygens (including phenoxy) is 2. The zero-order valence-electron chi connectivity index (χ0n) is 22.9. The monoisotopic (exact) mass is 551 g/mol. The first-order valence-electron chi connectivity index (χ1n) is 13.0. The maximum Gasteiger partial charge on any atom is 0.410 e. The second-order valence-corrected chi connectivity index (χ2v) is 11.5. The van der Waals surface area contributed by atoms with E-state index in [1.807, 2.05) is 13.0 Å². The summed E-state index contributed by atoms with van der Waals surface area (Å²) in [4.78, 5) is 51.3. The zero-order valence-corrected chi connectivity index (χ0v) is 23.7. The van der Waals surface area contributed by atoms with Crippen molar-refractivity contribution in [3.05, 3.63) is 36.0 Å². The number of ketones is 2. The number of rotatable bonds is 6. The van der Waals surface area contributed by atoms with Crippen molar-refractivity contribution in [3.8, 4) is 0 Å². The lowest BCUT2D eigenvalue weighted by Crippen LogP contribution is -2.42. The van der Waals surface area contributed by atoms with Crippen LogP contribution in [0.5, 0.6) is 0 Å². The molecule has 0 bridgehead atoms. The summed E-state index contributed by atoms with van der Waals surface area (Å²) in [5, 5.41) is 21.3. The number of nitrogens with zero attached hydrogens (tertiary/aromatic N) is 1. The lowest BCUT2D eigenvalue weighted by molar-refractivity contribution is -0.156. The van der Waals surface area contributed by atoms with Gasteiger partial charge in [-0.1, -0.05) is 43.7 Å². The molecule has 9 nitrogen and oxygen atoms in total. The van der Waals surface area contributed by atoms with Crippen LogP contribution in [0.1, 0.15) is 53.9 Å². The molecule has 6 atom stereocenters. The molecule has 0 saturated carbocycles. The first-order valence-corrected chi connectivity index (χ1v) is 14.1. The highest BCUT2D eigenvalue weighted by Crippen LogP contribution is 2.29. The SMILES string of the molecule is CC(=O)O[C@@H]1/C=C/[C@H](C)[C@H](/C(C)=C/C=C/[C@@H](C)COC(=O)N2CCSC2)C(=O)C(=O)C[C@H](O)CC[C@@]1(C)O. The second kappa shape index (κ2) is 14.6. The summed E-state index contributed by atoms with van der Waals surface area (Å²) in [6.07, 6.45) is 5.97. The predicted octanol–water partition coefficient (Wildman–Crippen LogP) is 3.44. The number of thioether (sulfide) groups is 1. The Bertz CT molecular complexity index is 951. The van der Waals surface area contributed by atoms with Crippen LogP contribution in [0.2, 0.25) is 0 Å². The molecule has 1 fully saturated rings. The second-order valence-electron chi connectivity index (χ2n) is 10.4. The molecule has 1 aliphatic carbocycles. The number of aliphatic hydroxyl groups is 2. The molecular formula is C28H41NO8S. The van der Waals surface area contributed by atoms with E-state index < -0.39 is 47.2 Å². The van der Waals surface area contributed by atoms with Crippen molar-refractivity contribution in [2.75, 3.05) is 24.8 Å². The predicted molar refractivity (Wildman–Crippen MR) is 145 cm³/mol. The van der Waals surface area contributed by atoms with Gasteiger partial charge in [-0.3, -0.25) is 19.3 Å². The molecule has 38 heavy (non-hydrogen) atoms. The average molecular weight is 552 g/mol. The molecule has 2 rings (SSSR count). The molecule has 0 spiro atoms. The minimum Gasteiger partial charge on any atom is -0.455 e. The Balaban J connectivity index is 2.20. The maximum atomic E-state index is 13.2. The van der Waals surface area contributed by atoms with Gasteiger partial charge >= 0.3 is 12.1 Å². The summed E-state index contributed by atoms with van der Waals surface area (Å²) >= 11 is 1.68. The van der Waals surface area contributed by atoms with Crippen LogP contribution in [0.15, 0.2) is 36.0 Å². The molecule has 0 aromatic rings. The van der Waals surface area contributed by atoms with Gasteiger partial charge in [-0.25, -0.2) is 4.79 Å². The van der Waals surface area contributed by atoms with Crippen molar-refractivity contribution in [1.82, 2.24) is 4.90 Å². The number of hydrogen-bond donors (Lipinski definition) is 2. The molecule has 0 aromatic carbocycles. The van der Waals surface area contributed by atoms with E-state index in [9.17, 15) is 29.4 Å². The summed E-state index contributed by atoms with van der Waals surface area (Å²) < 4.78 is 10.7. The van der Waals surface area contributed by atoms with Crippen LogP contribution < -0.4 is 0 Å². The van der Waals surface area contributed by atoms with Crippen LogP contribution in [0, 0.1) is 17.8 Å². The lowest BCUT2D eigenvalue weighted by Gasteiger charge is -2.32. The van der Waals surface area contributed by atoms with Gasteiger partial charge in [0.25, 0.3) is 0 Å². The lowest BCUT2D eigenvalue weighted by atomic mass is 9.79. The summed E-state index contributed by atoms with van der Waals surface area (Å²) in [5.41, 5.74) is -0.830. The number of hydrogen-bond acceptors (Lipinski definition) is 9. The quantitative estimate of drug-likeness (QED) is 0.221. The molecule has 212 valence electrons. The molecule has 0 unspecified atom stereocenters. The van der Waals surface area contributed by atoms with Crippen LogP contribution in [0.25, 0.3) is 0 Å². The number of aliphatic hydroxyl groups excluding tert-OH is 1. The highest BCUT2D eigenvalue weighted by atomic mass is 32.2. The van der Waals surface area contributed by atoms with Crippen LogP contribution in [-0.2, 0) is 23.9 Å². The molecule has 0 radical (unpaired) electrons. The third-order valence-electron chi connectivity index (χ3n) is 6.75. The van der Waals surface area contributed by atoms with Gasteiger partial charge in [-0.15, -0.1) is 11.8 Å². The normalized spacial score (nSPS) is 31.4. The fourth-order valence-electron chi connectivity index (χ4n) is 4.40. The Labute approximate surface area is 229 Å². The smallest absolute Gasteiger partial charge is 0.410 e. The van der Waals surface area contributed by atoms with E-state index >= 15 is 0 Å². The summed E-state index contributed by atoms with van der Waals surface area (Å²) in [5.74, 6) is -1.62. The molecule has 2 aliphatic rings. The fourth-order valence-corrected chi connectivity index (χ4v) is 5.33. The van der Waals surface area contributed by atoms with Crippen molar-refractivity contribution in [1.29, 1.82) is 0 Å². The molecule has 0 aromatic heterocycles. The van der Waals surface area contributed by atoms with Crippen molar-refractivity contribution >= 4 is 35.4 Å². The minimum absolute atomic E-state index is 0.0638. The minimum atomic E-state index is -1.47. The number of carbonyl (C=O) groups is 4. The Morgan fingerprint density at radius 1 is 1.29 bits per heavy atom. The summed E-state index contributed by atoms with van der Waals surface area (Å²) in [7, 11) is 0. The van der Waals surface area contributed by atoms with Crippen LogP contribution in [0.3, 0.4) is 0 Å². The number of esters is 1. The van der Waals surface area contributed by atoms with Crippen molar-refractivity contribution in [2.24, 2.45) is 17.8 Å². The first kappa shape index (κ1) is 31.8. The molecule has 2 N–H and O–H groups in total. The van der Waals surface area contributed by atoms with Gasteiger partial charge in [0, 0.05) is 31.6 Å². The van der Waals surface area contributed by atoms with Crippen molar-refractivity contribution in [3.63, 3.8) is 0 Å². The molecule has 1 saturated heterocycles. The van der Waals surface area contributed by atoms with Gasteiger partial charge in [-0.2, -0.15) is 0 Å².